The van der Waals surface area contributed by atoms with Crippen LogP contribution in [0.25, 0.3) is 0 Å². The average molecular weight is 244 g/mol. The fourth-order valence-electron chi connectivity index (χ4n) is 3.38. The van der Waals surface area contributed by atoms with Gasteiger partial charge in [-0.25, -0.2) is 0 Å². The average Bonchev–Trinajstić information content (AvgIpc) is 2.79. The van der Waals surface area contributed by atoms with Crippen LogP contribution < -0.4 is 11.3 Å². The van der Waals surface area contributed by atoms with Gasteiger partial charge in [-0.1, -0.05) is 37.5 Å². The van der Waals surface area contributed by atoms with E-state index in [-0.39, 0.29) is 0 Å². The predicted molar refractivity (Wildman–Crippen MR) is 75.2 cm³/mol. The molecule has 0 radical (unpaired) electrons. The molecule has 2 aliphatic rings. The number of nitrogens with one attached hydrogen (secondary N) is 1. The summed E-state index contributed by atoms with van der Waals surface area (Å²) in [6.45, 7) is 0. The SMILES string of the molecule is NNC(Cc1ccc2c(c1)CCC2)CC1CCC1. The second kappa shape index (κ2) is 5.41. The topological polar surface area (TPSA) is 38.0 Å². The van der Waals surface area contributed by atoms with E-state index in [2.05, 4.69) is 23.6 Å². The maximum Gasteiger partial charge on any atom is 0.0253 e. The maximum atomic E-state index is 5.71. The summed E-state index contributed by atoms with van der Waals surface area (Å²) < 4.78 is 0. The van der Waals surface area contributed by atoms with Gasteiger partial charge in [0.2, 0.25) is 0 Å². The third-order valence-electron chi connectivity index (χ3n) is 4.72. The molecule has 0 aromatic heterocycles. The molecule has 1 atom stereocenters. The van der Waals surface area contributed by atoms with E-state index in [9.17, 15) is 0 Å². The molecule has 3 rings (SSSR count). The Balaban J connectivity index is 1.63. The summed E-state index contributed by atoms with van der Waals surface area (Å²) in [6, 6.07) is 7.49. The Kier molecular flexibility index (Phi) is 3.67. The Morgan fingerprint density at radius 2 is 2.00 bits per heavy atom. The second-order valence-electron chi connectivity index (χ2n) is 6.06. The molecule has 3 N–H and O–H groups in total. The summed E-state index contributed by atoms with van der Waals surface area (Å²) in [6.07, 6.45) is 10.4. The van der Waals surface area contributed by atoms with E-state index in [0.29, 0.717) is 6.04 Å². The van der Waals surface area contributed by atoms with Crippen molar-refractivity contribution in [2.45, 2.75) is 57.4 Å². The number of hydrogen-bond acceptors (Lipinski definition) is 2. The molecule has 18 heavy (non-hydrogen) atoms. The third-order valence-corrected chi connectivity index (χ3v) is 4.72. The molecular weight excluding hydrogens is 220 g/mol. The van der Waals surface area contributed by atoms with E-state index in [1.165, 1.54) is 50.5 Å². The number of benzene rings is 1. The summed E-state index contributed by atoms with van der Waals surface area (Å²) in [5.41, 5.74) is 7.61. The lowest BCUT2D eigenvalue weighted by Gasteiger charge is -2.29. The van der Waals surface area contributed by atoms with E-state index in [0.717, 1.165) is 12.3 Å². The monoisotopic (exact) mass is 244 g/mol. The van der Waals surface area contributed by atoms with Gasteiger partial charge in [0.15, 0.2) is 0 Å². The van der Waals surface area contributed by atoms with E-state index in [1.807, 2.05) is 0 Å². The first-order chi connectivity index (χ1) is 8.85. The molecule has 1 fully saturated rings. The van der Waals surface area contributed by atoms with E-state index in [4.69, 9.17) is 5.84 Å². The zero-order valence-electron chi connectivity index (χ0n) is 11.1. The van der Waals surface area contributed by atoms with Crippen LogP contribution in [0, 0.1) is 5.92 Å². The van der Waals surface area contributed by atoms with Crippen molar-refractivity contribution in [3.05, 3.63) is 34.9 Å². The van der Waals surface area contributed by atoms with Crippen LogP contribution in [0.15, 0.2) is 18.2 Å². The number of nitrogens with two attached hydrogens (primary N) is 1. The number of aryl methyl sites for hydroxylation is 2. The van der Waals surface area contributed by atoms with Crippen molar-refractivity contribution in [3.8, 4) is 0 Å². The Morgan fingerprint density at radius 1 is 1.17 bits per heavy atom. The molecule has 2 heteroatoms. The van der Waals surface area contributed by atoms with Gasteiger partial charge in [-0.2, -0.15) is 0 Å². The number of hydrazine groups is 1. The second-order valence-corrected chi connectivity index (χ2v) is 6.06. The van der Waals surface area contributed by atoms with Gasteiger partial charge < -0.3 is 0 Å². The van der Waals surface area contributed by atoms with E-state index < -0.39 is 0 Å². The third kappa shape index (κ3) is 2.60. The van der Waals surface area contributed by atoms with Crippen molar-refractivity contribution in [2.75, 3.05) is 0 Å². The molecule has 0 aliphatic heterocycles. The van der Waals surface area contributed by atoms with Gasteiger partial charge >= 0.3 is 0 Å². The minimum atomic E-state index is 0.453. The van der Waals surface area contributed by atoms with Crippen LogP contribution in [0.2, 0.25) is 0 Å². The van der Waals surface area contributed by atoms with Gasteiger partial charge in [0.25, 0.3) is 0 Å². The lowest BCUT2D eigenvalue weighted by molar-refractivity contribution is 0.259. The largest absolute Gasteiger partial charge is 0.271 e. The number of fused-ring (bicyclic) bond motifs is 1. The van der Waals surface area contributed by atoms with Crippen LogP contribution in [-0.4, -0.2) is 6.04 Å². The lowest BCUT2D eigenvalue weighted by Crippen LogP contribution is -2.39. The minimum Gasteiger partial charge on any atom is -0.271 e. The summed E-state index contributed by atoms with van der Waals surface area (Å²) in [7, 11) is 0. The minimum absolute atomic E-state index is 0.453. The summed E-state index contributed by atoms with van der Waals surface area (Å²) >= 11 is 0. The van der Waals surface area contributed by atoms with Gasteiger partial charge in [0, 0.05) is 6.04 Å². The molecule has 2 aliphatic carbocycles. The maximum absolute atomic E-state index is 5.71. The fourth-order valence-corrected chi connectivity index (χ4v) is 3.38. The van der Waals surface area contributed by atoms with Gasteiger partial charge in [0.05, 0.1) is 0 Å². The molecular formula is C16H24N2. The lowest BCUT2D eigenvalue weighted by atomic mass is 9.80. The normalized spacial score (nSPS) is 20.5. The molecule has 1 aromatic rings. The Bertz CT molecular complexity index is 410. The Hall–Kier alpha value is -0.860. The number of rotatable bonds is 5. The first kappa shape index (κ1) is 12.2. The molecule has 2 nitrogen and oxygen atoms in total. The van der Waals surface area contributed by atoms with Gasteiger partial charge in [-0.3, -0.25) is 11.3 Å². The fraction of sp³-hybridized carbons (Fsp3) is 0.625. The zero-order chi connectivity index (χ0) is 12.4. The van der Waals surface area contributed by atoms with Crippen LogP contribution >= 0.6 is 0 Å². The van der Waals surface area contributed by atoms with E-state index >= 15 is 0 Å². The first-order valence-electron chi connectivity index (χ1n) is 7.42. The van der Waals surface area contributed by atoms with Crippen LogP contribution in [0.4, 0.5) is 0 Å². The first-order valence-corrected chi connectivity index (χ1v) is 7.42. The quantitative estimate of drug-likeness (QED) is 0.617. The Morgan fingerprint density at radius 3 is 2.72 bits per heavy atom. The van der Waals surface area contributed by atoms with Crippen molar-refractivity contribution < 1.29 is 0 Å². The molecule has 0 heterocycles. The molecule has 0 saturated heterocycles. The molecule has 1 unspecified atom stereocenters. The predicted octanol–water partition coefficient (Wildman–Crippen LogP) is 2.74. The van der Waals surface area contributed by atoms with Crippen LogP contribution in [0.3, 0.4) is 0 Å². The molecule has 0 amide bonds. The summed E-state index contributed by atoms with van der Waals surface area (Å²) in [4.78, 5) is 0. The molecule has 1 aromatic carbocycles. The van der Waals surface area contributed by atoms with Crippen molar-refractivity contribution in [2.24, 2.45) is 11.8 Å². The smallest absolute Gasteiger partial charge is 0.0253 e. The molecule has 0 spiro atoms. The van der Waals surface area contributed by atoms with Crippen LogP contribution in [0.5, 0.6) is 0 Å². The highest BCUT2D eigenvalue weighted by atomic mass is 15.2. The summed E-state index contributed by atoms with van der Waals surface area (Å²) in [5, 5.41) is 0. The van der Waals surface area contributed by atoms with Gasteiger partial charge in [-0.15, -0.1) is 0 Å². The summed E-state index contributed by atoms with van der Waals surface area (Å²) in [5.74, 6) is 6.63. The van der Waals surface area contributed by atoms with Crippen LogP contribution in [0.1, 0.15) is 48.8 Å². The number of hydrogen-bond donors (Lipinski definition) is 2. The van der Waals surface area contributed by atoms with Crippen LogP contribution in [-0.2, 0) is 19.3 Å². The highest BCUT2D eigenvalue weighted by molar-refractivity contribution is 5.35. The van der Waals surface area contributed by atoms with Gasteiger partial charge in [-0.05, 0) is 54.7 Å². The van der Waals surface area contributed by atoms with Gasteiger partial charge in [0.1, 0.15) is 0 Å². The van der Waals surface area contributed by atoms with E-state index in [1.54, 1.807) is 11.1 Å². The van der Waals surface area contributed by atoms with Crippen molar-refractivity contribution >= 4 is 0 Å². The van der Waals surface area contributed by atoms with Crippen molar-refractivity contribution in [1.82, 2.24) is 5.43 Å². The zero-order valence-corrected chi connectivity index (χ0v) is 11.1. The standard InChI is InChI=1S/C16H24N2/c17-18-16(10-12-3-1-4-12)11-13-7-8-14-5-2-6-15(14)9-13/h7-9,12,16,18H,1-6,10-11,17H2. The highest BCUT2D eigenvalue weighted by Crippen LogP contribution is 2.31. The molecule has 98 valence electrons. The Labute approximate surface area is 110 Å². The molecule has 1 saturated carbocycles. The van der Waals surface area contributed by atoms with Crippen molar-refractivity contribution in [1.29, 1.82) is 0 Å². The van der Waals surface area contributed by atoms with Crippen molar-refractivity contribution in [3.63, 3.8) is 0 Å². The highest BCUT2D eigenvalue weighted by Gasteiger charge is 2.22. The molecule has 0 bridgehead atoms.